The third-order valence-electron chi connectivity index (χ3n) is 5.29. The Hall–Kier alpha value is -2.70. The van der Waals surface area contributed by atoms with Crippen molar-refractivity contribution in [1.82, 2.24) is 9.62 Å². The van der Waals surface area contributed by atoms with Crippen LogP contribution in [0.5, 0.6) is 0 Å². The number of nitrogens with one attached hydrogen (secondary N) is 1. The zero-order chi connectivity index (χ0) is 20.3. The lowest BCUT2D eigenvalue weighted by Crippen LogP contribution is -2.29. The van der Waals surface area contributed by atoms with E-state index in [-0.39, 0.29) is 11.7 Å². The molecule has 0 atom stereocenters. The van der Waals surface area contributed by atoms with Crippen LogP contribution in [0.2, 0.25) is 0 Å². The van der Waals surface area contributed by atoms with E-state index in [2.05, 4.69) is 23.5 Å². The quantitative estimate of drug-likeness (QED) is 0.676. The van der Waals surface area contributed by atoms with Gasteiger partial charge in [-0.1, -0.05) is 48.5 Å². The van der Waals surface area contributed by atoms with Gasteiger partial charge in [0.15, 0.2) is 0 Å². The van der Waals surface area contributed by atoms with Crippen LogP contribution in [0.3, 0.4) is 0 Å². The molecule has 1 amide bonds. The lowest BCUT2D eigenvalue weighted by molar-refractivity contribution is 0.0951. The molecule has 1 fully saturated rings. The van der Waals surface area contributed by atoms with Crippen LogP contribution in [0.4, 0.5) is 0 Å². The molecule has 1 aliphatic heterocycles. The van der Waals surface area contributed by atoms with Crippen molar-refractivity contribution in [3.8, 4) is 0 Å². The number of nitrogens with zero attached hydrogens (tertiary/aromatic N) is 1. The molecule has 1 heterocycles. The van der Waals surface area contributed by atoms with Crippen LogP contribution >= 0.6 is 0 Å². The predicted molar refractivity (Wildman–Crippen MR) is 115 cm³/mol. The second kappa shape index (κ2) is 8.35. The van der Waals surface area contributed by atoms with Gasteiger partial charge in [0.25, 0.3) is 5.91 Å². The minimum Gasteiger partial charge on any atom is -0.348 e. The van der Waals surface area contributed by atoms with E-state index >= 15 is 0 Å². The first-order chi connectivity index (χ1) is 14.0. The van der Waals surface area contributed by atoms with Gasteiger partial charge in [0.1, 0.15) is 0 Å². The van der Waals surface area contributed by atoms with Crippen molar-refractivity contribution in [3.05, 3.63) is 83.4 Å². The molecule has 0 bridgehead atoms. The molecule has 0 aliphatic carbocycles. The number of amides is 1. The molecule has 4 rings (SSSR count). The van der Waals surface area contributed by atoms with Crippen molar-refractivity contribution in [2.75, 3.05) is 13.1 Å². The first kappa shape index (κ1) is 19.6. The summed E-state index contributed by atoms with van der Waals surface area (Å²) in [6.45, 7) is 1.66. The maximum atomic E-state index is 12.4. The van der Waals surface area contributed by atoms with Crippen molar-refractivity contribution in [1.29, 1.82) is 0 Å². The van der Waals surface area contributed by atoms with E-state index in [9.17, 15) is 13.2 Å². The van der Waals surface area contributed by atoms with Crippen molar-refractivity contribution >= 4 is 26.7 Å². The average Bonchev–Trinajstić information content (AvgIpc) is 3.28. The third kappa shape index (κ3) is 4.66. The highest BCUT2D eigenvalue weighted by Crippen LogP contribution is 2.18. The Morgan fingerprint density at radius 2 is 1.52 bits per heavy atom. The molecule has 150 valence electrons. The van der Waals surface area contributed by atoms with Crippen molar-refractivity contribution < 1.29 is 13.2 Å². The summed E-state index contributed by atoms with van der Waals surface area (Å²) >= 11 is 0. The highest BCUT2D eigenvalue weighted by Gasteiger charge is 2.25. The fourth-order valence-corrected chi connectivity index (χ4v) is 5.26. The summed E-state index contributed by atoms with van der Waals surface area (Å²) in [5, 5.41) is 5.24. The van der Waals surface area contributed by atoms with Crippen molar-refractivity contribution in [3.63, 3.8) is 0 Å². The molecule has 0 radical (unpaired) electrons. The first-order valence-corrected chi connectivity index (χ1v) is 11.4. The molecular formula is C23H24N2O3S. The number of carbonyl (C=O) groups is 1. The van der Waals surface area contributed by atoms with E-state index in [1.165, 1.54) is 5.39 Å². The SMILES string of the molecule is O=C(NCc1ccc2ccccc2c1)c1ccc(CS(=O)(=O)N2CCCC2)cc1. The fraction of sp³-hybridized carbons (Fsp3) is 0.261. The summed E-state index contributed by atoms with van der Waals surface area (Å²) in [4.78, 5) is 12.4. The fourth-order valence-electron chi connectivity index (χ4n) is 3.65. The van der Waals surface area contributed by atoms with Gasteiger partial charge in [-0.15, -0.1) is 0 Å². The van der Waals surface area contributed by atoms with E-state index in [1.807, 2.05) is 24.3 Å². The summed E-state index contributed by atoms with van der Waals surface area (Å²) in [5.41, 5.74) is 2.25. The van der Waals surface area contributed by atoms with Gasteiger partial charge in [-0.3, -0.25) is 4.79 Å². The number of rotatable bonds is 6. The van der Waals surface area contributed by atoms with Crippen LogP contribution in [0, 0.1) is 0 Å². The summed E-state index contributed by atoms with van der Waals surface area (Å²) in [7, 11) is -3.28. The second-order valence-electron chi connectivity index (χ2n) is 7.42. The van der Waals surface area contributed by atoms with Crippen LogP contribution in [-0.4, -0.2) is 31.7 Å². The topological polar surface area (TPSA) is 66.5 Å². The predicted octanol–water partition coefficient (Wildman–Crippen LogP) is 3.70. The third-order valence-corrected chi connectivity index (χ3v) is 7.14. The van der Waals surface area contributed by atoms with Gasteiger partial charge in [0.05, 0.1) is 5.75 Å². The van der Waals surface area contributed by atoms with Gasteiger partial charge in [-0.25, -0.2) is 12.7 Å². The normalized spacial score (nSPS) is 14.9. The monoisotopic (exact) mass is 408 g/mol. The van der Waals surface area contributed by atoms with Crippen molar-refractivity contribution in [2.24, 2.45) is 0 Å². The Morgan fingerprint density at radius 3 is 2.24 bits per heavy atom. The Morgan fingerprint density at radius 1 is 0.862 bits per heavy atom. The van der Waals surface area contributed by atoms with Crippen LogP contribution in [0.1, 0.15) is 34.3 Å². The van der Waals surface area contributed by atoms with Gasteiger partial charge in [0.2, 0.25) is 10.0 Å². The number of carbonyl (C=O) groups excluding carboxylic acids is 1. The molecule has 5 nitrogen and oxygen atoms in total. The maximum absolute atomic E-state index is 12.4. The number of sulfonamides is 1. The van der Waals surface area contributed by atoms with Crippen LogP contribution in [0.15, 0.2) is 66.7 Å². The smallest absolute Gasteiger partial charge is 0.251 e. The molecule has 29 heavy (non-hydrogen) atoms. The number of benzene rings is 3. The summed E-state index contributed by atoms with van der Waals surface area (Å²) < 4.78 is 26.4. The minimum absolute atomic E-state index is 0.0218. The van der Waals surface area contributed by atoms with Crippen LogP contribution < -0.4 is 5.32 Å². The van der Waals surface area contributed by atoms with E-state index < -0.39 is 10.0 Å². The molecule has 0 saturated carbocycles. The minimum atomic E-state index is -3.28. The van der Waals surface area contributed by atoms with E-state index in [0.717, 1.165) is 23.8 Å². The molecule has 3 aromatic carbocycles. The highest BCUT2D eigenvalue weighted by atomic mass is 32.2. The molecule has 1 saturated heterocycles. The van der Waals surface area contributed by atoms with Gasteiger partial charge in [-0.05, 0) is 52.9 Å². The first-order valence-electron chi connectivity index (χ1n) is 9.84. The molecule has 0 aromatic heterocycles. The van der Waals surface area contributed by atoms with Gasteiger partial charge in [0, 0.05) is 25.2 Å². The van der Waals surface area contributed by atoms with Gasteiger partial charge < -0.3 is 5.32 Å². The molecule has 6 heteroatoms. The summed E-state index contributed by atoms with van der Waals surface area (Å²) in [6, 6.07) is 21.0. The Balaban J connectivity index is 1.37. The summed E-state index contributed by atoms with van der Waals surface area (Å²) in [5.74, 6) is -0.196. The number of fused-ring (bicyclic) bond motifs is 1. The van der Waals surface area contributed by atoms with Gasteiger partial charge >= 0.3 is 0 Å². The molecular weight excluding hydrogens is 384 g/mol. The molecule has 0 unspecified atom stereocenters. The molecule has 1 N–H and O–H groups in total. The Labute approximate surface area is 171 Å². The summed E-state index contributed by atoms with van der Waals surface area (Å²) in [6.07, 6.45) is 1.85. The highest BCUT2D eigenvalue weighted by molar-refractivity contribution is 7.88. The molecule has 1 aliphatic rings. The molecule has 3 aromatic rings. The van der Waals surface area contributed by atoms with E-state index in [0.29, 0.717) is 30.8 Å². The van der Waals surface area contributed by atoms with Crippen molar-refractivity contribution in [2.45, 2.75) is 25.1 Å². The molecule has 0 spiro atoms. The van der Waals surface area contributed by atoms with Gasteiger partial charge in [-0.2, -0.15) is 0 Å². The lowest BCUT2D eigenvalue weighted by Gasteiger charge is -2.15. The lowest BCUT2D eigenvalue weighted by atomic mass is 10.1. The average molecular weight is 409 g/mol. The second-order valence-corrected chi connectivity index (χ2v) is 9.39. The standard InChI is InChI=1S/C23H24N2O3S/c26-23(24-16-19-9-10-20-5-1-2-6-22(20)15-19)21-11-7-18(8-12-21)17-29(27,28)25-13-3-4-14-25/h1-2,5-12,15H,3-4,13-14,16-17H2,(H,24,26). The van der Waals surface area contributed by atoms with Crippen LogP contribution in [-0.2, 0) is 22.3 Å². The number of hydrogen-bond donors (Lipinski definition) is 1. The Bertz CT molecular complexity index is 1120. The largest absolute Gasteiger partial charge is 0.348 e. The van der Waals surface area contributed by atoms with Crippen LogP contribution in [0.25, 0.3) is 10.8 Å². The zero-order valence-corrected chi connectivity index (χ0v) is 17.0. The number of hydrogen-bond acceptors (Lipinski definition) is 3. The Kier molecular flexibility index (Phi) is 5.65. The maximum Gasteiger partial charge on any atom is 0.251 e. The van der Waals surface area contributed by atoms with E-state index in [1.54, 1.807) is 28.6 Å². The zero-order valence-electron chi connectivity index (χ0n) is 16.2. The van der Waals surface area contributed by atoms with E-state index in [4.69, 9.17) is 0 Å².